The van der Waals surface area contributed by atoms with E-state index in [2.05, 4.69) is 4.98 Å². The summed E-state index contributed by atoms with van der Waals surface area (Å²) in [6.07, 6.45) is 3.81. The number of aromatic nitrogens is 2. The van der Waals surface area contributed by atoms with Crippen molar-refractivity contribution >= 4 is 29.3 Å². The van der Waals surface area contributed by atoms with E-state index in [0.717, 1.165) is 11.4 Å². The highest BCUT2D eigenvalue weighted by Gasteiger charge is 2.32. The highest BCUT2D eigenvalue weighted by atomic mass is 32.2. The van der Waals surface area contributed by atoms with E-state index in [1.54, 1.807) is 11.8 Å². The molecular weight excluding hydrogens is 290 g/mol. The van der Waals surface area contributed by atoms with Crippen LogP contribution in [0.3, 0.4) is 0 Å². The molecule has 0 saturated carbocycles. The quantitative estimate of drug-likeness (QED) is 0.912. The number of thioether (sulfide) groups is 1. The molecule has 1 unspecified atom stereocenters. The van der Waals surface area contributed by atoms with Crippen molar-refractivity contribution in [2.45, 2.75) is 12.5 Å². The van der Waals surface area contributed by atoms with Crippen molar-refractivity contribution in [3.05, 3.63) is 36.3 Å². The van der Waals surface area contributed by atoms with Crippen LogP contribution in [0.5, 0.6) is 0 Å². The summed E-state index contributed by atoms with van der Waals surface area (Å²) in [6, 6.07) is 4.91. The van der Waals surface area contributed by atoms with E-state index < -0.39 is 12.0 Å². The van der Waals surface area contributed by atoms with Gasteiger partial charge in [-0.1, -0.05) is 6.07 Å². The van der Waals surface area contributed by atoms with Crippen LogP contribution in [0.2, 0.25) is 0 Å². The summed E-state index contributed by atoms with van der Waals surface area (Å²) >= 11 is 1.57. The molecule has 1 atom stereocenters. The standard InChI is InChI=1S/C14H15N3O3S/c18-13(17-5-6-21-9-11(17)14(19)20)7-10-8-16-4-2-1-3-12(16)15-10/h1-4,8,11H,5-7,9H2,(H,19,20). The molecule has 0 aliphatic carbocycles. The molecule has 1 aliphatic heterocycles. The lowest BCUT2D eigenvalue weighted by Crippen LogP contribution is -2.50. The number of imidazole rings is 1. The van der Waals surface area contributed by atoms with Crippen LogP contribution in [0.1, 0.15) is 5.69 Å². The average Bonchev–Trinajstić information content (AvgIpc) is 2.89. The van der Waals surface area contributed by atoms with Gasteiger partial charge in [0.2, 0.25) is 5.91 Å². The van der Waals surface area contributed by atoms with Gasteiger partial charge in [0.25, 0.3) is 0 Å². The van der Waals surface area contributed by atoms with Gasteiger partial charge in [-0.3, -0.25) is 4.79 Å². The second kappa shape index (κ2) is 5.77. The van der Waals surface area contributed by atoms with E-state index in [0.29, 0.717) is 18.0 Å². The summed E-state index contributed by atoms with van der Waals surface area (Å²) in [4.78, 5) is 29.4. The number of hydrogen-bond donors (Lipinski definition) is 1. The highest BCUT2D eigenvalue weighted by Crippen LogP contribution is 2.18. The van der Waals surface area contributed by atoms with Crippen LogP contribution in [0.4, 0.5) is 0 Å². The van der Waals surface area contributed by atoms with Gasteiger partial charge in [0, 0.05) is 30.4 Å². The number of rotatable bonds is 3. The first-order valence-corrected chi connectivity index (χ1v) is 7.83. The fourth-order valence-corrected chi connectivity index (χ4v) is 3.47. The first-order chi connectivity index (χ1) is 10.1. The van der Waals surface area contributed by atoms with Crippen LogP contribution in [-0.4, -0.2) is 55.4 Å². The Morgan fingerprint density at radius 3 is 3.05 bits per heavy atom. The van der Waals surface area contributed by atoms with Gasteiger partial charge in [-0.2, -0.15) is 11.8 Å². The van der Waals surface area contributed by atoms with Gasteiger partial charge in [-0.25, -0.2) is 9.78 Å². The van der Waals surface area contributed by atoms with Crippen molar-refractivity contribution in [3.8, 4) is 0 Å². The first-order valence-electron chi connectivity index (χ1n) is 6.68. The molecule has 1 saturated heterocycles. The number of fused-ring (bicyclic) bond motifs is 1. The van der Waals surface area contributed by atoms with Crippen LogP contribution >= 0.6 is 11.8 Å². The Kier molecular flexibility index (Phi) is 3.83. The van der Waals surface area contributed by atoms with E-state index in [9.17, 15) is 14.7 Å². The van der Waals surface area contributed by atoms with Crippen molar-refractivity contribution < 1.29 is 14.7 Å². The molecule has 0 bridgehead atoms. The molecule has 1 amide bonds. The zero-order valence-electron chi connectivity index (χ0n) is 11.3. The maximum atomic E-state index is 12.4. The number of amides is 1. The average molecular weight is 305 g/mol. The Morgan fingerprint density at radius 2 is 2.29 bits per heavy atom. The number of carboxylic acids is 1. The molecule has 6 nitrogen and oxygen atoms in total. The van der Waals surface area contributed by atoms with Gasteiger partial charge in [0.05, 0.1) is 12.1 Å². The van der Waals surface area contributed by atoms with Gasteiger partial charge in [0.1, 0.15) is 11.7 Å². The summed E-state index contributed by atoms with van der Waals surface area (Å²) in [5, 5.41) is 9.21. The van der Waals surface area contributed by atoms with Gasteiger partial charge in [-0.15, -0.1) is 0 Å². The van der Waals surface area contributed by atoms with Gasteiger partial charge >= 0.3 is 5.97 Å². The monoisotopic (exact) mass is 305 g/mol. The van der Waals surface area contributed by atoms with Crippen molar-refractivity contribution in [2.24, 2.45) is 0 Å². The van der Waals surface area contributed by atoms with Crippen LogP contribution in [0.15, 0.2) is 30.6 Å². The Hall–Kier alpha value is -2.02. The third kappa shape index (κ3) is 2.87. The Balaban J connectivity index is 1.76. The van der Waals surface area contributed by atoms with E-state index >= 15 is 0 Å². The number of hydrogen-bond acceptors (Lipinski definition) is 4. The molecule has 1 N–H and O–H groups in total. The van der Waals surface area contributed by atoms with Crippen molar-refractivity contribution in [1.29, 1.82) is 0 Å². The Labute approximate surface area is 125 Å². The third-order valence-electron chi connectivity index (χ3n) is 3.48. The highest BCUT2D eigenvalue weighted by molar-refractivity contribution is 7.99. The van der Waals surface area contributed by atoms with Crippen molar-refractivity contribution in [2.75, 3.05) is 18.1 Å². The second-order valence-corrected chi connectivity index (χ2v) is 6.04. The summed E-state index contributed by atoms with van der Waals surface area (Å²) < 4.78 is 1.85. The number of carboxylic acid groups (broad SMARTS) is 1. The normalized spacial score (nSPS) is 18.9. The topological polar surface area (TPSA) is 74.9 Å². The molecule has 1 fully saturated rings. The van der Waals surface area contributed by atoms with Crippen LogP contribution in [-0.2, 0) is 16.0 Å². The third-order valence-corrected chi connectivity index (χ3v) is 4.50. The molecule has 7 heteroatoms. The second-order valence-electron chi connectivity index (χ2n) is 4.89. The fourth-order valence-electron chi connectivity index (χ4n) is 2.44. The fraction of sp³-hybridized carbons (Fsp3) is 0.357. The summed E-state index contributed by atoms with van der Waals surface area (Å²) in [7, 11) is 0. The molecule has 3 heterocycles. The van der Waals surface area contributed by atoms with E-state index in [4.69, 9.17) is 0 Å². The molecule has 110 valence electrons. The lowest BCUT2D eigenvalue weighted by atomic mass is 10.2. The molecule has 0 spiro atoms. The number of nitrogens with zero attached hydrogens (tertiary/aromatic N) is 3. The number of carbonyl (C=O) groups is 2. The minimum absolute atomic E-state index is 0.135. The van der Waals surface area contributed by atoms with Gasteiger partial charge < -0.3 is 14.4 Å². The van der Waals surface area contributed by atoms with Crippen molar-refractivity contribution in [3.63, 3.8) is 0 Å². The lowest BCUT2D eigenvalue weighted by Gasteiger charge is -2.32. The predicted molar refractivity (Wildman–Crippen MR) is 79.4 cm³/mol. The number of aliphatic carboxylic acids is 1. The maximum Gasteiger partial charge on any atom is 0.327 e. The molecule has 3 rings (SSSR count). The Bertz CT molecular complexity index is 652. The molecule has 0 aromatic carbocycles. The first kappa shape index (κ1) is 13.9. The van der Waals surface area contributed by atoms with Crippen LogP contribution < -0.4 is 0 Å². The van der Waals surface area contributed by atoms with Crippen LogP contribution in [0, 0.1) is 0 Å². The SMILES string of the molecule is O=C(O)C1CSCCN1C(=O)Cc1cn2ccccc2n1. The lowest BCUT2D eigenvalue weighted by molar-refractivity contribution is -0.149. The maximum absolute atomic E-state index is 12.4. The molecule has 0 radical (unpaired) electrons. The number of carbonyl (C=O) groups excluding carboxylic acids is 1. The molecular formula is C14H15N3O3S. The molecule has 2 aromatic heterocycles. The van der Waals surface area contributed by atoms with Crippen molar-refractivity contribution in [1.82, 2.24) is 14.3 Å². The minimum Gasteiger partial charge on any atom is -0.480 e. The molecule has 21 heavy (non-hydrogen) atoms. The van der Waals surface area contributed by atoms with E-state index in [1.165, 1.54) is 4.90 Å². The summed E-state index contributed by atoms with van der Waals surface area (Å²) in [5.74, 6) is 0.115. The van der Waals surface area contributed by atoms with Crippen LogP contribution in [0.25, 0.3) is 5.65 Å². The predicted octanol–water partition coefficient (Wildman–Crippen LogP) is 0.905. The summed E-state index contributed by atoms with van der Waals surface area (Å²) in [5.41, 5.74) is 1.44. The van der Waals surface area contributed by atoms with E-state index in [-0.39, 0.29) is 12.3 Å². The molecule has 2 aromatic rings. The molecule has 1 aliphatic rings. The van der Waals surface area contributed by atoms with Gasteiger partial charge in [0.15, 0.2) is 0 Å². The largest absolute Gasteiger partial charge is 0.480 e. The smallest absolute Gasteiger partial charge is 0.327 e. The zero-order chi connectivity index (χ0) is 14.8. The van der Waals surface area contributed by atoms with E-state index in [1.807, 2.05) is 35.0 Å². The minimum atomic E-state index is -0.939. The summed E-state index contributed by atoms with van der Waals surface area (Å²) in [6.45, 7) is 0.480. The van der Waals surface area contributed by atoms with Gasteiger partial charge in [-0.05, 0) is 12.1 Å². The Morgan fingerprint density at radius 1 is 1.43 bits per heavy atom. The zero-order valence-corrected chi connectivity index (χ0v) is 12.1. The number of pyridine rings is 1.